The number of ether oxygens (including phenoxy) is 2. The molecule has 7 heteroatoms. The van der Waals surface area contributed by atoms with Crippen molar-refractivity contribution in [2.24, 2.45) is 0 Å². The average molecular weight is 372 g/mol. The molecule has 1 aliphatic rings. The highest BCUT2D eigenvalue weighted by Crippen LogP contribution is 2.19. The van der Waals surface area contributed by atoms with Crippen molar-refractivity contribution in [1.29, 1.82) is 0 Å². The Morgan fingerprint density at radius 3 is 1.58 bits per heavy atom. The molecular weight excluding hydrogens is 352 g/mol. The van der Waals surface area contributed by atoms with Crippen LogP contribution in [0.5, 0.6) is 0 Å². The zero-order valence-electron chi connectivity index (χ0n) is 14.2. The molecule has 0 spiro atoms. The molecule has 1 saturated heterocycles. The fraction of sp³-hybridized carbons (Fsp3) is 0.263. The van der Waals surface area contributed by atoms with Gasteiger partial charge in [-0.25, -0.2) is 19.6 Å². The molecule has 0 bridgehead atoms. The Bertz CT molecular complexity index is 678. The number of thiol groups is 1. The zero-order chi connectivity index (χ0) is 18.4. The highest BCUT2D eigenvalue weighted by atomic mass is 32.1. The summed E-state index contributed by atoms with van der Waals surface area (Å²) in [6, 6.07) is 18.7. The van der Waals surface area contributed by atoms with Gasteiger partial charge in [-0.1, -0.05) is 60.7 Å². The second-order valence-electron chi connectivity index (χ2n) is 5.90. The first-order valence-electron chi connectivity index (χ1n) is 8.28. The van der Waals surface area contributed by atoms with Crippen LogP contribution in [0.25, 0.3) is 0 Å². The van der Waals surface area contributed by atoms with Crippen LogP contribution < -0.4 is 0 Å². The number of hydrogen-bond acceptors (Lipinski definition) is 5. The first kappa shape index (κ1) is 18.1. The lowest BCUT2D eigenvalue weighted by Gasteiger charge is -2.26. The summed E-state index contributed by atoms with van der Waals surface area (Å²) in [4.78, 5) is 24.7. The number of hydrogen-bond donors (Lipinski definition) is 1. The molecule has 26 heavy (non-hydrogen) atoms. The van der Waals surface area contributed by atoms with Crippen LogP contribution >= 0.6 is 12.6 Å². The van der Waals surface area contributed by atoms with E-state index in [9.17, 15) is 9.59 Å². The van der Waals surface area contributed by atoms with E-state index in [1.54, 1.807) is 0 Å². The second-order valence-corrected chi connectivity index (χ2v) is 6.63. The number of hydrazine groups is 1. The molecule has 2 aromatic rings. The Hall–Kier alpha value is -2.67. The highest BCUT2D eigenvalue weighted by molar-refractivity contribution is 7.81. The zero-order valence-corrected chi connectivity index (χ0v) is 15.0. The van der Waals surface area contributed by atoms with E-state index in [-0.39, 0.29) is 31.6 Å². The van der Waals surface area contributed by atoms with E-state index in [4.69, 9.17) is 9.47 Å². The Morgan fingerprint density at radius 1 is 0.808 bits per heavy atom. The molecule has 1 fully saturated rings. The van der Waals surface area contributed by atoms with Crippen molar-refractivity contribution in [2.75, 3.05) is 13.1 Å². The number of nitrogens with zero attached hydrogens (tertiary/aromatic N) is 2. The van der Waals surface area contributed by atoms with Crippen molar-refractivity contribution in [3.63, 3.8) is 0 Å². The van der Waals surface area contributed by atoms with Crippen LogP contribution in [0.2, 0.25) is 0 Å². The molecule has 0 aromatic heterocycles. The molecule has 0 radical (unpaired) electrons. The maximum absolute atomic E-state index is 12.4. The van der Waals surface area contributed by atoms with Gasteiger partial charge in [0, 0.05) is 5.25 Å². The van der Waals surface area contributed by atoms with Crippen molar-refractivity contribution < 1.29 is 19.1 Å². The molecule has 1 aliphatic heterocycles. The number of carbonyl (C=O) groups excluding carboxylic acids is 2. The van der Waals surface area contributed by atoms with E-state index in [2.05, 4.69) is 12.6 Å². The average Bonchev–Trinajstić information content (AvgIpc) is 3.08. The van der Waals surface area contributed by atoms with Gasteiger partial charge in [-0.05, 0) is 11.1 Å². The van der Waals surface area contributed by atoms with Crippen LogP contribution in [0.15, 0.2) is 60.7 Å². The lowest BCUT2D eigenvalue weighted by Crippen LogP contribution is -2.45. The monoisotopic (exact) mass is 372 g/mol. The van der Waals surface area contributed by atoms with E-state index in [1.807, 2.05) is 60.7 Å². The normalized spacial score (nSPS) is 14.3. The van der Waals surface area contributed by atoms with Gasteiger partial charge in [0.15, 0.2) is 0 Å². The SMILES string of the molecule is O=C(OCc1ccccc1)N1CC(S)CN1C(=O)OCc1ccccc1. The summed E-state index contributed by atoms with van der Waals surface area (Å²) in [6.45, 7) is 0.856. The van der Waals surface area contributed by atoms with Crippen LogP contribution in [0.4, 0.5) is 9.59 Å². The topological polar surface area (TPSA) is 59.1 Å². The van der Waals surface area contributed by atoms with Crippen molar-refractivity contribution in [3.05, 3.63) is 71.8 Å². The van der Waals surface area contributed by atoms with Gasteiger partial charge in [0.2, 0.25) is 0 Å². The minimum absolute atomic E-state index is 0.139. The first-order chi connectivity index (χ1) is 12.6. The number of carbonyl (C=O) groups is 2. The Morgan fingerprint density at radius 2 is 1.19 bits per heavy atom. The predicted molar refractivity (Wildman–Crippen MR) is 99.4 cm³/mol. The van der Waals surface area contributed by atoms with Crippen molar-refractivity contribution in [2.45, 2.75) is 18.5 Å². The summed E-state index contributed by atoms with van der Waals surface area (Å²) in [5.41, 5.74) is 1.75. The summed E-state index contributed by atoms with van der Waals surface area (Å²) in [6.07, 6.45) is -1.19. The van der Waals surface area contributed by atoms with Crippen LogP contribution in [-0.2, 0) is 22.7 Å². The van der Waals surface area contributed by atoms with Crippen molar-refractivity contribution in [3.8, 4) is 0 Å². The molecule has 0 saturated carbocycles. The maximum atomic E-state index is 12.4. The van der Waals surface area contributed by atoms with Gasteiger partial charge in [-0.15, -0.1) is 0 Å². The van der Waals surface area contributed by atoms with Crippen LogP contribution in [0.3, 0.4) is 0 Å². The lowest BCUT2D eigenvalue weighted by atomic mass is 10.2. The van der Waals surface area contributed by atoms with Gasteiger partial charge >= 0.3 is 12.2 Å². The number of rotatable bonds is 4. The molecule has 136 valence electrons. The fourth-order valence-electron chi connectivity index (χ4n) is 2.59. The van der Waals surface area contributed by atoms with E-state index < -0.39 is 12.2 Å². The highest BCUT2D eigenvalue weighted by Gasteiger charge is 2.37. The van der Waals surface area contributed by atoms with Gasteiger partial charge in [-0.3, -0.25) is 0 Å². The number of benzene rings is 2. The predicted octanol–water partition coefficient (Wildman–Crippen LogP) is 3.49. The van der Waals surface area contributed by atoms with E-state index >= 15 is 0 Å². The molecule has 0 aliphatic carbocycles. The van der Waals surface area contributed by atoms with Gasteiger partial charge in [0.05, 0.1) is 13.1 Å². The van der Waals surface area contributed by atoms with Gasteiger partial charge in [-0.2, -0.15) is 12.6 Å². The smallest absolute Gasteiger partial charge is 0.429 e. The standard InChI is InChI=1S/C19H20N2O4S/c22-18(24-13-15-7-3-1-4-8-15)20-11-17(26)12-21(20)19(23)25-14-16-9-5-2-6-10-16/h1-10,17,26H,11-14H2. The Kier molecular flexibility index (Phi) is 6.01. The third-order valence-electron chi connectivity index (χ3n) is 3.89. The minimum atomic E-state index is -0.595. The Balaban J connectivity index is 1.56. The van der Waals surface area contributed by atoms with Gasteiger partial charge < -0.3 is 9.47 Å². The Labute approximate surface area is 157 Å². The summed E-state index contributed by atoms with van der Waals surface area (Å²) in [5, 5.41) is 2.34. The molecule has 2 amide bonds. The summed E-state index contributed by atoms with van der Waals surface area (Å²) in [5.74, 6) is 0. The van der Waals surface area contributed by atoms with Crippen molar-refractivity contribution in [1.82, 2.24) is 10.0 Å². The fourth-order valence-corrected chi connectivity index (χ4v) is 2.90. The summed E-state index contributed by atoms with van der Waals surface area (Å²) in [7, 11) is 0. The van der Waals surface area contributed by atoms with Crippen molar-refractivity contribution >= 4 is 24.8 Å². The first-order valence-corrected chi connectivity index (χ1v) is 8.79. The lowest BCUT2D eigenvalue weighted by molar-refractivity contribution is 0.00184. The molecule has 3 rings (SSSR count). The molecule has 6 nitrogen and oxygen atoms in total. The summed E-state index contributed by atoms with van der Waals surface area (Å²) >= 11 is 4.38. The van der Waals surface area contributed by atoms with Crippen LogP contribution in [-0.4, -0.2) is 40.5 Å². The minimum Gasteiger partial charge on any atom is -0.443 e. The van der Waals surface area contributed by atoms with E-state index in [1.165, 1.54) is 10.0 Å². The number of amides is 2. The second kappa shape index (κ2) is 8.62. The molecular formula is C19H20N2O4S. The van der Waals surface area contributed by atoms with E-state index in [0.29, 0.717) is 0 Å². The van der Waals surface area contributed by atoms with E-state index in [0.717, 1.165) is 11.1 Å². The van der Waals surface area contributed by atoms with Gasteiger partial charge in [0.1, 0.15) is 13.2 Å². The molecule has 0 atom stereocenters. The molecule has 2 aromatic carbocycles. The molecule has 1 heterocycles. The largest absolute Gasteiger partial charge is 0.443 e. The quantitative estimate of drug-likeness (QED) is 0.835. The van der Waals surface area contributed by atoms with Crippen LogP contribution in [0.1, 0.15) is 11.1 Å². The summed E-state index contributed by atoms with van der Waals surface area (Å²) < 4.78 is 10.6. The third-order valence-corrected chi connectivity index (χ3v) is 4.22. The maximum Gasteiger partial charge on any atom is 0.429 e. The molecule has 0 N–H and O–H groups in total. The third kappa shape index (κ3) is 4.70. The van der Waals surface area contributed by atoms with Gasteiger partial charge in [0.25, 0.3) is 0 Å². The van der Waals surface area contributed by atoms with Crippen LogP contribution in [0, 0.1) is 0 Å². The molecule has 0 unspecified atom stereocenters.